The minimum Gasteiger partial charge on any atom is -0.492 e. The maximum absolute atomic E-state index is 12.8. The number of amides is 1. The molecule has 0 aromatic heterocycles. The number of carbonyl (C=O) groups is 1. The molecule has 0 radical (unpaired) electrons. The molecule has 0 fully saturated rings. The van der Waals surface area contributed by atoms with Crippen LogP contribution in [0.5, 0.6) is 11.5 Å². The Bertz CT molecular complexity index is 880. The van der Waals surface area contributed by atoms with Gasteiger partial charge in [-0.2, -0.15) is 0 Å². The topological polar surface area (TPSA) is 68.8 Å². The minimum atomic E-state index is -4.80. The first-order chi connectivity index (χ1) is 14.5. The number of alkyl carbamates (subject to hydrolysis) is 1. The molecule has 0 aliphatic rings. The highest BCUT2D eigenvalue weighted by atomic mass is 19.4. The summed E-state index contributed by atoms with van der Waals surface area (Å²) in [5.41, 5.74) is 1.02. The lowest BCUT2D eigenvalue weighted by atomic mass is 10.0. The summed E-state index contributed by atoms with van der Waals surface area (Å²) in [5, 5.41) is 5.59. The molecule has 0 atom stereocenters. The van der Waals surface area contributed by atoms with Crippen LogP contribution >= 0.6 is 0 Å². The number of ether oxygens (including phenoxy) is 3. The van der Waals surface area contributed by atoms with E-state index in [9.17, 15) is 18.0 Å². The predicted octanol–water partition coefficient (Wildman–Crippen LogP) is 4.88. The van der Waals surface area contributed by atoms with E-state index in [1.54, 1.807) is 58.2 Å². The van der Waals surface area contributed by atoms with E-state index in [0.717, 1.165) is 5.56 Å². The molecule has 0 aliphatic heterocycles. The monoisotopic (exact) mass is 440 g/mol. The summed E-state index contributed by atoms with van der Waals surface area (Å²) in [4.78, 5) is 11.7. The van der Waals surface area contributed by atoms with Crippen LogP contribution in [0.2, 0.25) is 0 Å². The molecule has 0 heterocycles. The number of benzene rings is 2. The Morgan fingerprint density at radius 3 is 2.42 bits per heavy atom. The molecule has 2 aromatic rings. The fraction of sp³-hybridized carbons (Fsp3) is 0.409. The highest BCUT2D eigenvalue weighted by molar-refractivity contribution is 5.72. The Morgan fingerprint density at radius 2 is 1.77 bits per heavy atom. The Labute approximate surface area is 179 Å². The van der Waals surface area contributed by atoms with Crippen molar-refractivity contribution < 1.29 is 32.2 Å². The van der Waals surface area contributed by atoms with Crippen LogP contribution in [0, 0.1) is 0 Å². The number of carbonyl (C=O) groups excluding carboxylic acids is 1. The summed E-state index contributed by atoms with van der Waals surface area (Å²) in [5.74, 6) is 0.157. The standard InChI is InChI=1S/C22H27F3N2O4/c1-21(2,3)31-20(28)27-9-10-29-17-12-15(14-26-4)11-16(13-17)18-7-5-6-8-19(18)30-22(23,24)25/h5-8,11-13,26H,9-10,14H2,1-4H3,(H,27,28). The largest absolute Gasteiger partial charge is 0.573 e. The van der Waals surface area contributed by atoms with E-state index < -0.39 is 18.1 Å². The third kappa shape index (κ3) is 8.75. The van der Waals surface area contributed by atoms with Crippen LogP contribution in [-0.4, -0.2) is 38.3 Å². The zero-order valence-electron chi connectivity index (χ0n) is 17.9. The van der Waals surface area contributed by atoms with Crippen molar-refractivity contribution in [1.82, 2.24) is 10.6 Å². The van der Waals surface area contributed by atoms with E-state index in [0.29, 0.717) is 17.9 Å². The Kier molecular flexibility index (Phi) is 8.15. The molecule has 0 aliphatic carbocycles. The maximum atomic E-state index is 12.8. The molecule has 2 N–H and O–H groups in total. The zero-order chi connectivity index (χ0) is 23.1. The number of para-hydroxylation sites is 1. The van der Waals surface area contributed by atoms with Gasteiger partial charge in [-0.15, -0.1) is 13.2 Å². The molecule has 31 heavy (non-hydrogen) atoms. The van der Waals surface area contributed by atoms with Crippen molar-refractivity contribution in [2.45, 2.75) is 39.3 Å². The highest BCUT2D eigenvalue weighted by Gasteiger charge is 2.32. The molecular formula is C22H27F3N2O4. The Balaban J connectivity index is 2.16. The van der Waals surface area contributed by atoms with Crippen LogP contribution in [0.15, 0.2) is 42.5 Å². The summed E-state index contributed by atoms with van der Waals surface area (Å²) >= 11 is 0. The van der Waals surface area contributed by atoms with Crippen LogP contribution in [0.25, 0.3) is 11.1 Å². The average molecular weight is 440 g/mol. The van der Waals surface area contributed by atoms with Gasteiger partial charge in [0.15, 0.2) is 0 Å². The van der Waals surface area contributed by atoms with Crippen LogP contribution in [0.3, 0.4) is 0 Å². The fourth-order valence-electron chi connectivity index (χ4n) is 2.76. The van der Waals surface area contributed by atoms with Crippen molar-refractivity contribution in [2.24, 2.45) is 0 Å². The molecule has 0 bridgehead atoms. The smallest absolute Gasteiger partial charge is 0.492 e. The van der Waals surface area contributed by atoms with Crippen molar-refractivity contribution in [1.29, 1.82) is 0 Å². The minimum absolute atomic E-state index is 0.155. The Morgan fingerprint density at radius 1 is 1.06 bits per heavy atom. The Hall–Kier alpha value is -2.94. The number of alkyl halides is 3. The molecule has 9 heteroatoms. The second-order valence-electron chi connectivity index (χ2n) is 7.72. The second kappa shape index (κ2) is 10.4. The SMILES string of the molecule is CNCc1cc(OCCNC(=O)OC(C)(C)C)cc(-c2ccccc2OC(F)(F)F)c1. The van der Waals surface area contributed by atoms with Crippen molar-refractivity contribution >= 4 is 6.09 Å². The van der Waals surface area contributed by atoms with Crippen molar-refractivity contribution in [3.63, 3.8) is 0 Å². The van der Waals surface area contributed by atoms with Gasteiger partial charge in [-0.05, 0) is 63.2 Å². The van der Waals surface area contributed by atoms with Gasteiger partial charge in [0.25, 0.3) is 0 Å². The van der Waals surface area contributed by atoms with E-state index in [1.807, 2.05) is 0 Å². The number of hydrogen-bond acceptors (Lipinski definition) is 5. The predicted molar refractivity (Wildman–Crippen MR) is 111 cm³/mol. The molecule has 6 nitrogen and oxygen atoms in total. The van der Waals surface area contributed by atoms with E-state index in [4.69, 9.17) is 9.47 Å². The van der Waals surface area contributed by atoms with Crippen LogP contribution in [0.1, 0.15) is 26.3 Å². The van der Waals surface area contributed by atoms with Crippen molar-refractivity contribution in [3.8, 4) is 22.6 Å². The molecule has 170 valence electrons. The molecule has 0 saturated carbocycles. The number of halogens is 3. The van der Waals surface area contributed by atoms with Gasteiger partial charge >= 0.3 is 12.5 Å². The average Bonchev–Trinajstić information content (AvgIpc) is 2.63. The van der Waals surface area contributed by atoms with Gasteiger partial charge in [0.05, 0.1) is 6.54 Å². The van der Waals surface area contributed by atoms with E-state index >= 15 is 0 Å². The first-order valence-electron chi connectivity index (χ1n) is 9.70. The summed E-state index contributed by atoms with van der Waals surface area (Å²) < 4.78 is 53.4. The van der Waals surface area contributed by atoms with Gasteiger partial charge in [0, 0.05) is 12.1 Å². The highest BCUT2D eigenvalue weighted by Crippen LogP contribution is 2.35. The van der Waals surface area contributed by atoms with Gasteiger partial charge < -0.3 is 24.8 Å². The summed E-state index contributed by atoms with van der Waals surface area (Å²) in [6.07, 6.45) is -5.36. The van der Waals surface area contributed by atoms with E-state index in [1.165, 1.54) is 12.1 Å². The van der Waals surface area contributed by atoms with Crippen LogP contribution in [0.4, 0.5) is 18.0 Å². The molecule has 0 unspecified atom stereocenters. The molecule has 2 rings (SSSR count). The zero-order valence-corrected chi connectivity index (χ0v) is 17.9. The molecular weight excluding hydrogens is 413 g/mol. The van der Waals surface area contributed by atoms with Crippen LogP contribution in [-0.2, 0) is 11.3 Å². The third-order valence-electron chi connectivity index (χ3n) is 3.81. The van der Waals surface area contributed by atoms with Crippen molar-refractivity contribution in [3.05, 3.63) is 48.0 Å². The first-order valence-corrected chi connectivity index (χ1v) is 9.70. The maximum Gasteiger partial charge on any atom is 0.573 e. The lowest BCUT2D eigenvalue weighted by molar-refractivity contribution is -0.274. The quantitative estimate of drug-likeness (QED) is 0.573. The third-order valence-corrected chi connectivity index (χ3v) is 3.81. The molecule has 0 saturated heterocycles. The van der Waals surface area contributed by atoms with Gasteiger partial charge in [-0.3, -0.25) is 0 Å². The fourth-order valence-corrected chi connectivity index (χ4v) is 2.76. The lowest BCUT2D eigenvalue weighted by Crippen LogP contribution is -2.34. The number of rotatable bonds is 8. The normalized spacial score (nSPS) is 11.7. The van der Waals surface area contributed by atoms with Gasteiger partial charge in [-0.25, -0.2) is 4.79 Å². The molecule has 0 spiro atoms. The number of hydrogen-bond donors (Lipinski definition) is 2. The van der Waals surface area contributed by atoms with Crippen molar-refractivity contribution in [2.75, 3.05) is 20.2 Å². The molecule has 2 aromatic carbocycles. The van der Waals surface area contributed by atoms with E-state index in [2.05, 4.69) is 15.4 Å². The summed E-state index contributed by atoms with van der Waals surface area (Å²) in [6, 6.07) is 11.1. The molecule has 1 amide bonds. The number of nitrogens with one attached hydrogen (secondary N) is 2. The first kappa shape index (κ1) is 24.3. The van der Waals surface area contributed by atoms with E-state index in [-0.39, 0.29) is 24.5 Å². The summed E-state index contributed by atoms with van der Waals surface area (Å²) in [6.45, 7) is 6.13. The van der Waals surface area contributed by atoms with Gasteiger partial charge in [0.2, 0.25) is 0 Å². The van der Waals surface area contributed by atoms with Crippen LogP contribution < -0.4 is 20.1 Å². The lowest BCUT2D eigenvalue weighted by Gasteiger charge is -2.19. The van der Waals surface area contributed by atoms with Gasteiger partial charge in [0.1, 0.15) is 23.7 Å². The van der Waals surface area contributed by atoms with Gasteiger partial charge in [-0.1, -0.05) is 18.2 Å². The second-order valence-corrected chi connectivity index (χ2v) is 7.72. The summed E-state index contributed by atoms with van der Waals surface area (Å²) in [7, 11) is 1.76.